The molecule has 0 bridgehead atoms. The Morgan fingerprint density at radius 1 is 1.03 bits per heavy atom. The number of ether oxygens (including phenoxy) is 1. The second-order valence-corrected chi connectivity index (χ2v) is 9.38. The molecule has 3 aromatic carbocycles. The lowest BCUT2D eigenvalue weighted by molar-refractivity contribution is -0.131. The van der Waals surface area contributed by atoms with E-state index in [4.69, 9.17) is 10.5 Å². The number of unbranched alkanes of at least 4 members (excludes halogenated alkanes) is 1. The molecule has 0 aromatic heterocycles. The van der Waals surface area contributed by atoms with E-state index in [2.05, 4.69) is 5.32 Å². The molecule has 3 aromatic rings. The van der Waals surface area contributed by atoms with E-state index >= 15 is 0 Å². The van der Waals surface area contributed by atoms with Crippen LogP contribution in [0.5, 0.6) is 5.75 Å². The van der Waals surface area contributed by atoms with Crippen LogP contribution in [-0.4, -0.2) is 30.6 Å². The van der Waals surface area contributed by atoms with Crippen molar-refractivity contribution >= 4 is 23.2 Å². The van der Waals surface area contributed by atoms with Crippen LogP contribution < -0.4 is 20.7 Å². The molecule has 0 spiro atoms. The Kier molecular flexibility index (Phi) is 8.93. The van der Waals surface area contributed by atoms with Crippen LogP contribution in [0.1, 0.15) is 55.4 Å². The fraction of sp³-hybridized carbons (Fsp3) is 0.333. The van der Waals surface area contributed by atoms with Crippen molar-refractivity contribution in [3.05, 3.63) is 90.0 Å². The lowest BCUT2D eigenvalue weighted by Gasteiger charge is -2.48. The Morgan fingerprint density at radius 2 is 1.73 bits per heavy atom. The second-order valence-electron chi connectivity index (χ2n) is 9.38. The molecular formula is C30H35N3O4. The minimum Gasteiger partial charge on any atom is -0.497 e. The monoisotopic (exact) mass is 501 g/mol. The summed E-state index contributed by atoms with van der Waals surface area (Å²) in [5.74, 6) is 0.492. The number of hydrogen-bond acceptors (Lipinski definition) is 5. The van der Waals surface area contributed by atoms with E-state index in [0.717, 1.165) is 35.4 Å². The van der Waals surface area contributed by atoms with E-state index in [0.29, 0.717) is 31.5 Å². The molecule has 1 heterocycles. The summed E-state index contributed by atoms with van der Waals surface area (Å²) in [6.45, 7) is 0.577. The average Bonchev–Trinajstić information content (AvgIpc) is 2.93. The van der Waals surface area contributed by atoms with Crippen LogP contribution >= 0.6 is 0 Å². The highest BCUT2D eigenvalue weighted by Crippen LogP contribution is 2.46. The summed E-state index contributed by atoms with van der Waals surface area (Å²) in [5.41, 5.74) is 8.83. The van der Waals surface area contributed by atoms with Crippen LogP contribution in [0.25, 0.3) is 0 Å². The summed E-state index contributed by atoms with van der Waals surface area (Å²) >= 11 is 0. The summed E-state index contributed by atoms with van der Waals surface area (Å²) in [7, 11) is 1.63. The molecule has 2 amide bonds. The van der Waals surface area contributed by atoms with Crippen LogP contribution in [-0.2, 0) is 9.59 Å². The van der Waals surface area contributed by atoms with E-state index in [-0.39, 0.29) is 23.8 Å². The molecule has 1 aliphatic rings. The van der Waals surface area contributed by atoms with Crippen LogP contribution in [0, 0.1) is 5.92 Å². The third-order valence-corrected chi connectivity index (χ3v) is 6.89. The maximum absolute atomic E-state index is 13.4. The Labute approximate surface area is 218 Å². The smallest absolute Gasteiger partial charge is 0.233 e. The van der Waals surface area contributed by atoms with Crippen LogP contribution in [0.4, 0.5) is 11.4 Å². The molecule has 4 N–H and O–H groups in total. The number of benzene rings is 3. The number of methoxy groups -OCH3 is 1. The predicted molar refractivity (Wildman–Crippen MR) is 145 cm³/mol. The second kappa shape index (κ2) is 12.5. The first-order valence-electron chi connectivity index (χ1n) is 12.8. The van der Waals surface area contributed by atoms with Crippen molar-refractivity contribution in [1.29, 1.82) is 0 Å². The summed E-state index contributed by atoms with van der Waals surface area (Å²) in [6, 6.07) is 24.5. The van der Waals surface area contributed by atoms with Gasteiger partial charge in [-0.05, 0) is 79.8 Å². The number of rotatable bonds is 12. The van der Waals surface area contributed by atoms with E-state index < -0.39 is 6.10 Å². The van der Waals surface area contributed by atoms with E-state index in [1.807, 2.05) is 78.9 Å². The van der Waals surface area contributed by atoms with E-state index in [1.165, 1.54) is 0 Å². The highest BCUT2D eigenvalue weighted by atomic mass is 16.5. The van der Waals surface area contributed by atoms with Crippen molar-refractivity contribution in [2.24, 2.45) is 11.7 Å². The Balaban J connectivity index is 1.48. The lowest BCUT2D eigenvalue weighted by atomic mass is 9.78. The van der Waals surface area contributed by atoms with Gasteiger partial charge in [0.15, 0.2) is 0 Å². The number of aliphatic hydroxyl groups excluding tert-OH is 1. The third-order valence-electron chi connectivity index (χ3n) is 6.89. The molecule has 1 fully saturated rings. The number of nitrogens with zero attached hydrogens (tertiary/aromatic N) is 1. The predicted octanol–water partition coefficient (Wildman–Crippen LogP) is 4.98. The molecule has 37 heavy (non-hydrogen) atoms. The minimum atomic E-state index is -0.618. The number of carbonyl (C=O) groups excluding carboxylic acids is 2. The topological polar surface area (TPSA) is 105 Å². The molecule has 0 radical (unpaired) electrons. The molecule has 7 heteroatoms. The van der Waals surface area contributed by atoms with Gasteiger partial charge in [0.25, 0.3) is 0 Å². The SMILES string of the molecule is COc1ccc([C@@H]2C(CCC(O)c3ccccc3)C(=O)N2c2ccc(NC(=O)CCCCN)cc2)cc1. The molecule has 7 nitrogen and oxygen atoms in total. The first-order valence-corrected chi connectivity index (χ1v) is 12.8. The highest BCUT2D eigenvalue weighted by molar-refractivity contribution is 6.03. The first kappa shape index (κ1) is 26.4. The van der Waals surface area contributed by atoms with Crippen molar-refractivity contribution in [3.63, 3.8) is 0 Å². The number of β-lactam (4-membered cyclic amide) rings is 1. The van der Waals surface area contributed by atoms with Gasteiger partial charge in [-0.25, -0.2) is 0 Å². The molecule has 0 saturated carbocycles. The summed E-state index contributed by atoms with van der Waals surface area (Å²) in [4.78, 5) is 27.3. The van der Waals surface area contributed by atoms with Gasteiger partial charge in [-0.1, -0.05) is 42.5 Å². The standard InChI is InChI=1S/C30H35N3O4/c1-37-25-16-10-22(11-17-25)29-26(18-19-27(34)21-7-3-2-4-8-21)30(36)33(29)24-14-12-23(13-15-24)32-28(35)9-5-6-20-31/h2-4,7-8,10-17,26-27,29,34H,5-6,9,18-20,31H2,1H3,(H,32,35)/t26?,27?,29-/m1/s1. The minimum absolute atomic E-state index is 0.0275. The molecule has 2 unspecified atom stereocenters. The van der Waals surface area contributed by atoms with Gasteiger partial charge in [-0.2, -0.15) is 0 Å². The molecule has 1 aliphatic heterocycles. The normalized spacial score (nSPS) is 17.7. The van der Waals surface area contributed by atoms with Gasteiger partial charge in [0.1, 0.15) is 5.75 Å². The zero-order chi connectivity index (χ0) is 26.2. The number of anilines is 2. The molecular weight excluding hydrogens is 466 g/mol. The van der Waals surface area contributed by atoms with Crippen LogP contribution in [0.2, 0.25) is 0 Å². The first-order chi connectivity index (χ1) is 18.0. The molecule has 1 saturated heterocycles. The fourth-order valence-corrected chi connectivity index (χ4v) is 4.84. The Morgan fingerprint density at radius 3 is 2.38 bits per heavy atom. The lowest BCUT2D eigenvalue weighted by Crippen LogP contribution is -2.55. The maximum atomic E-state index is 13.4. The molecule has 194 valence electrons. The van der Waals surface area contributed by atoms with Gasteiger partial charge in [-0.15, -0.1) is 0 Å². The van der Waals surface area contributed by atoms with Crippen molar-refractivity contribution in [3.8, 4) is 5.75 Å². The average molecular weight is 502 g/mol. The number of nitrogens with one attached hydrogen (secondary N) is 1. The summed E-state index contributed by atoms with van der Waals surface area (Å²) < 4.78 is 5.31. The van der Waals surface area contributed by atoms with Crippen LogP contribution in [0.15, 0.2) is 78.9 Å². The number of aliphatic hydroxyl groups is 1. The number of amides is 2. The number of nitrogens with two attached hydrogens (primary N) is 1. The Hall–Kier alpha value is -3.68. The van der Waals surface area contributed by atoms with Gasteiger partial charge in [0.2, 0.25) is 11.8 Å². The van der Waals surface area contributed by atoms with Gasteiger partial charge in [0.05, 0.1) is 25.2 Å². The van der Waals surface area contributed by atoms with E-state index in [9.17, 15) is 14.7 Å². The third kappa shape index (κ3) is 6.37. The molecule has 4 rings (SSSR count). The fourth-order valence-electron chi connectivity index (χ4n) is 4.84. The van der Waals surface area contributed by atoms with Crippen molar-refractivity contribution in [2.45, 2.75) is 44.2 Å². The Bertz CT molecular complexity index is 1170. The zero-order valence-corrected chi connectivity index (χ0v) is 21.2. The van der Waals surface area contributed by atoms with Gasteiger partial charge in [-0.3, -0.25) is 9.59 Å². The quantitative estimate of drug-likeness (QED) is 0.240. The zero-order valence-electron chi connectivity index (χ0n) is 21.2. The summed E-state index contributed by atoms with van der Waals surface area (Å²) in [5, 5.41) is 13.6. The molecule has 3 atom stereocenters. The number of carbonyl (C=O) groups is 2. The van der Waals surface area contributed by atoms with Gasteiger partial charge >= 0.3 is 0 Å². The van der Waals surface area contributed by atoms with Crippen LogP contribution in [0.3, 0.4) is 0 Å². The van der Waals surface area contributed by atoms with E-state index in [1.54, 1.807) is 12.0 Å². The van der Waals surface area contributed by atoms with Crippen molar-refractivity contribution < 1.29 is 19.4 Å². The largest absolute Gasteiger partial charge is 0.497 e. The maximum Gasteiger partial charge on any atom is 0.233 e. The van der Waals surface area contributed by atoms with Crippen molar-refractivity contribution in [2.75, 3.05) is 23.9 Å². The van der Waals surface area contributed by atoms with Crippen molar-refractivity contribution in [1.82, 2.24) is 0 Å². The van der Waals surface area contributed by atoms with Gasteiger partial charge in [0, 0.05) is 17.8 Å². The highest BCUT2D eigenvalue weighted by Gasteiger charge is 2.48. The molecule has 0 aliphatic carbocycles. The summed E-state index contributed by atoms with van der Waals surface area (Å²) in [6.07, 6.45) is 2.45. The van der Waals surface area contributed by atoms with Gasteiger partial charge < -0.3 is 25.8 Å². The number of hydrogen-bond donors (Lipinski definition) is 3.